The van der Waals surface area contributed by atoms with E-state index in [0.717, 1.165) is 4.47 Å². The number of ketones is 1. The fourth-order valence-electron chi connectivity index (χ4n) is 1.06. The number of aryl methyl sites for hydroxylation is 1. The van der Waals surface area contributed by atoms with Gasteiger partial charge in [-0.2, -0.15) is 0 Å². The van der Waals surface area contributed by atoms with E-state index in [9.17, 15) is 9.59 Å². The normalized spacial score (nSPS) is 8.26. The predicted octanol–water partition coefficient (Wildman–Crippen LogP) is 4.34. The summed E-state index contributed by atoms with van der Waals surface area (Å²) in [4.78, 5) is 21.5. The maximum absolute atomic E-state index is 10.9. The van der Waals surface area contributed by atoms with Crippen LogP contribution >= 0.6 is 15.9 Å². The standard InChI is InChI=1S/C8H14N2O3.C7H7Br.C2H6.C2H2.CH5N/c1-8(2,3)13-7(12)10-5-6(11)4-9;1-6-2-4-7(8)5-3-6;3*1-2/h4,9H,5H2,1-3H3,(H,10,12);2-5H,1H3;1-2H3;1-2H;2H2,1H3. The number of rotatable bonds is 3. The number of alkyl carbamates (subject to hydrolysis) is 1. The third kappa shape index (κ3) is 28.9. The second-order valence-corrected chi connectivity index (χ2v) is 6.18. The third-order valence-electron chi connectivity index (χ3n) is 1.98. The Labute approximate surface area is 172 Å². The Morgan fingerprint density at radius 1 is 1.19 bits per heavy atom. The maximum Gasteiger partial charge on any atom is 0.408 e. The Bertz CT molecular complexity index is 501. The lowest BCUT2D eigenvalue weighted by atomic mass is 10.2. The molecule has 0 fully saturated rings. The van der Waals surface area contributed by atoms with E-state index in [1.165, 1.54) is 12.6 Å². The van der Waals surface area contributed by atoms with Gasteiger partial charge in [0.05, 0.1) is 12.8 Å². The molecule has 0 radical (unpaired) electrons. The largest absolute Gasteiger partial charge is 0.444 e. The number of carbonyl (C=O) groups is 2. The number of ether oxygens (including phenoxy) is 1. The molecule has 27 heavy (non-hydrogen) atoms. The van der Waals surface area contributed by atoms with Crippen molar-refractivity contribution >= 4 is 34.0 Å². The van der Waals surface area contributed by atoms with Crippen LogP contribution in [-0.2, 0) is 9.53 Å². The zero-order chi connectivity index (χ0) is 22.5. The van der Waals surface area contributed by atoms with Crippen molar-refractivity contribution in [2.75, 3.05) is 13.6 Å². The van der Waals surface area contributed by atoms with Gasteiger partial charge in [0.2, 0.25) is 0 Å². The molecular formula is C20H34BrN3O3. The highest BCUT2D eigenvalue weighted by atomic mass is 79.9. The molecule has 0 atom stereocenters. The Balaban J connectivity index is -0.000000161. The summed E-state index contributed by atoms with van der Waals surface area (Å²) < 4.78 is 6.00. The minimum Gasteiger partial charge on any atom is -0.444 e. The number of nitrogens with two attached hydrogens (primary N) is 1. The quantitative estimate of drug-likeness (QED) is 0.476. The van der Waals surface area contributed by atoms with E-state index >= 15 is 0 Å². The van der Waals surface area contributed by atoms with Gasteiger partial charge in [-0.1, -0.05) is 47.5 Å². The summed E-state index contributed by atoms with van der Waals surface area (Å²) in [7, 11) is 1.50. The Morgan fingerprint density at radius 2 is 1.59 bits per heavy atom. The first-order valence-electron chi connectivity index (χ1n) is 8.27. The number of hydrogen-bond donors (Lipinski definition) is 3. The molecule has 1 rings (SSSR count). The smallest absolute Gasteiger partial charge is 0.408 e. The van der Waals surface area contributed by atoms with Crippen LogP contribution in [0, 0.1) is 25.2 Å². The summed E-state index contributed by atoms with van der Waals surface area (Å²) in [5.41, 5.74) is 5.23. The lowest BCUT2D eigenvalue weighted by molar-refractivity contribution is -0.111. The van der Waals surface area contributed by atoms with Gasteiger partial charge in [0.15, 0.2) is 5.78 Å². The summed E-state index contributed by atoms with van der Waals surface area (Å²) in [5, 5.41) is 8.79. The molecule has 0 aliphatic carbocycles. The molecule has 6 nitrogen and oxygen atoms in total. The van der Waals surface area contributed by atoms with Crippen molar-refractivity contribution in [1.29, 1.82) is 5.41 Å². The van der Waals surface area contributed by atoms with E-state index in [1.807, 2.05) is 26.0 Å². The SMILES string of the molecule is C#C.CC.CC(C)(C)OC(=O)NCC(=O)C=N.CN.Cc1ccc(Br)cc1. The molecule has 0 heterocycles. The van der Waals surface area contributed by atoms with Gasteiger partial charge in [-0.15, -0.1) is 12.8 Å². The first-order valence-corrected chi connectivity index (χ1v) is 9.06. The molecule has 0 bridgehead atoms. The van der Waals surface area contributed by atoms with Gasteiger partial charge in [0.25, 0.3) is 0 Å². The van der Waals surface area contributed by atoms with Crippen molar-refractivity contribution in [3.63, 3.8) is 0 Å². The predicted molar refractivity (Wildman–Crippen MR) is 118 cm³/mol. The van der Waals surface area contributed by atoms with Crippen LogP contribution in [0.3, 0.4) is 0 Å². The number of Topliss-reactive ketones (excluding diaryl/α,β-unsaturated/α-hetero) is 1. The fraction of sp³-hybridized carbons (Fsp3) is 0.450. The van der Waals surface area contributed by atoms with Crippen molar-refractivity contribution < 1.29 is 14.3 Å². The van der Waals surface area contributed by atoms with Gasteiger partial charge in [-0.3, -0.25) is 4.79 Å². The van der Waals surface area contributed by atoms with Crippen LogP contribution in [0.25, 0.3) is 0 Å². The Hall–Kier alpha value is -2.17. The molecule has 4 N–H and O–H groups in total. The molecule has 1 aromatic carbocycles. The van der Waals surface area contributed by atoms with E-state index in [4.69, 9.17) is 10.1 Å². The summed E-state index contributed by atoms with van der Waals surface area (Å²) in [5.74, 6) is -0.467. The van der Waals surface area contributed by atoms with Crippen LogP contribution in [0.1, 0.15) is 40.2 Å². The number of nitrogens with one attached hydrogen (secondary N) is 2. The molecule has 154 valence electrons. The Kier molecular flexibility index (Phi) is 26.3. The lowest BCUT2D eigenvalue weighted by Crippen LogP contribution is -2.35. The molecule has 0 aliphatic rings. The molecule has 0 aliphatic heterocycles. The highest BCUT2D eigenvalue weighted by Gasteiger charge is 2.15. The van der Waals surface area contributed by atoms with Crippen LogP contribution in [0.15, 0.2) is 28.7 Å². The number of halogens is 1. The van der Waals surface area contributed by atoms with Gasteiger partial charge in [0.1, 0.15) is 5.60 Å². The molecule has 0 spiro atoms. The van der Waals surface area contributed by atoms with E-state index < -0.39 is 17.5 Å². The lowest BCUT2D eigenvalue weighted by Gasteiger charge is -2.19. The minimum atomic E-state index is -0.650. The van der Waals surface area contributed by atoms with E-state index in [2.05, 4.69) is 58.9 Å². The minimum absolute atomic E-state index is 0.196. The van der Waals surface area contributed by atoms with Crippen LogP contribution < -0.4 is 11.1 Å². The average molecular weight is 444 g/mol. The monoisotopic (exact) mass is 443 g/mol. The van der Waals surface area contributed by atoms with Crippen molar-refractivity contribution in [3.8, 4) is 12.8 Å². The maximum atomic E-state index is 10.9. The van der Waals surface area contributed by atoms with Gasteiger partial charge in [-0.25, -0.2) is 4.79 Å². The second kappa shape index (κ2) is 21.9. The molecule has 7 heteroatoms. The van der Waals surface area contributed by atoms with Gasteiger partial charge >= 0.3 is 6.09 Å². The van der Waals surface area contributed by atoms with E-state index in [1.54, 1.807) is 20.8 Å². The van der Waals surface area contributed by atoms with Crippen molar-refractivity contribution in [3.05, 3.63) is 34.3 Å². The Morgan fingerprint density at radius 3 is 1.89 bits per heavy atom. The highest BCUT2D eigenvalue weighted by Crippen LogP contribution is 2.08. The second-order valence-electron chi connectivity index (χ2n) is 5.26. The molecule has 0 aromatic heterocycles. The highest BCUT2D eigenvalue weighted by molar-refractivity contribution is 9.10. The molecule has 0 saturated carbocycles. The number of terminal acetylenes is 1. The average Bonchev–Trinajstić information content (AvgIpc) is 2.66. The molecule has 0 saturated heterocycles. The fourth-order valence-corrected chi connectivity index (χ4v) is 1.32. The van der Waals surface area contributed by atoms with Crippen LogP contribution in [0.4, 0.5) is 4.79 Å². The van der Waals surface area contributed by atoms with E-state index in [0.29, 0.717) is 6.21 Å². The van der Waals surface area contributed by atoms with Crippen LogP contribution in [0.5, 0.6) is 0 Å². The van der Waals surface area contributed by atoms with Crippen LogP contribution in [-0.4, -0.2) is 37.3 Å². The third-order valence-corrected chi connectivity index (χ3v) is 2.51. The molecule has 0 unspecified atom stereocenters. The first-order chi connectivity index (χ1) is 12.6. The number of hydrogen-bond acceptors (Lipinski definition) is 5. The van der Waals surface area contributed by atoms with Crippen molar-refractivity contribution in [2.45, 2.75) is 47.1 Å². The van der Waals surface area contributed by atoms with E-state index in [-0.39, 0.29) is 6.54 Å². The molecular weight excluding hydrogens is 410 g/mol. The first kappa shape index (κ1) is 32.5. The number of carbonyl (C=O) groups excluding carboxylic acids is 2. The van der Waals surface area contributed by atoms with Gasteiger partial charge in [0, 0.05) is 4.47 Å². The van der Waals surface area contributed by atoms with Crippen molar-refractivity contribution in [2.24, 2.45) is 5.73 Å². The summed E-state index contributed by atoms with van der Waals surface area (Å²) >= 11 is 3.35. The topological polar surface area (TPSA) is 105 Å². The van der Waals surface area contributed by atoms with Gasteiger partial charge in [-0.05, 0) is 46.9 Å². The summed E-state index contributed by atoms with van der Waals surface area (Å²) in [6, 6.07) is 8.22. The molecule has 1 amide bonds. The van der Waals surface area contributed by atoms with Crippen LogP contribution in [0.2, 0.25) is 0 Å². The van der Waals surface area contributed by atoms with Gasteiger partial charge < -0.3 is 21.2 Å². The number of benzene rings is 1. The number of amides is 1. The summed E-state index contributed by atoms with van der Waals surface area (Å²) in [6.07, 6.45) is 8.00. The summed E-state index contributed by atoms with van der Waals surface area (Å²) in [6.45, 7) is 11.1. The molecule has 1 aromatic rings. The zero-order valence-electron chi connectivity index (χ0n) is 17.4. The van der Waals surface area contributed by atoms with Crippen molar-refractivity contribution in [1.82, 2.24) is 5.32 Å². The zero-order valence-corrected chi connectivity index (χ0v) is 19.0.